The van der Waals surface area contributed by atoms with Crippen LogP contribution in [-0.2, 0) is 52.4 Å². The summed E-state index contributed by atoms with van der Waals surface area (Å²) >= 11 is 12.1. The van der Waals surface area contributed by atoms with Crippen molar-refractivity contribution in [3.05, 3.63) is 291 Å². The highest BCUT2D eigenvalue weighted by molar-refractivity contribution is 6.31. The molecule has 4 N–H and O–H groups in total. The van der Waals surface area contributed by atoms with E-state index in [1.54, 1.807) is 19.1 Å². The second kappa shape index (κ2) is 46.1. The molecule has 0 bridgehead atoms. The molecule has 5 aromatic heterocycles. The van der Waals surface area contributed by atoms with Gasteiger partial charge in [0.2, 0.25) is 29.7 Å². The highest BCUT2D eigenvalue weighted by atomic mass is 35.5. The number of nitrogens with two attached hydrogens (primary N) is 1. The van der Waals surface area contributed by atoms with Crippen LogP contribution in [0, 0.1) is 97.3 Å². The van der Waals surface area contributed by atoms with Gasteiger partial charge in [0.25, 0.3) is 0 Å². The number of likely N-dealkylation sites (tertiary alicyclic amines) is 2. The van der Waals surface area contributed by atoms with Gasteiger partial charge in [0.15, 0.2) is 0 Å². The zero-order chi connectivity index (χ0) is 101. The molecular formula is C117H142Cl2F5N19O. The fourth-order valence-corrected chi connectivity index (χ4v) is 22.8. The van der Waals surface area contributed by atoms with Gasteiger partial charge in [0.05, 0.1) is 99.5 Å². The van der Waals surface area contributed by atoms with Crippen LogP contribution in [0.1, 0.15) is 216 Å². The molecule has 20 nitrogen and oxygen atoms in total. The number of piperazine rings is 1. The fraction of sp³-hybridized carbons (Fsp3) is 0.444. The van der Waals surface area contributed by atoms with Gasteiger partial charge in [0, 0.05) is 108 Å². The van der Waals surface area contributed by atoms with Gasteiger partial charge in [0.1, 0.15) is 29.1 Å². The third-order valence-electron chi connectivity index (χ3n) is 30.2. The summed E-state index contributed by atoms with van der Waals surface area (Å²) in [7, 11) is 0. The molecule has 0 amide bonds. The standard InChI is InChI=1S/C27H35FN4.C26H33FN4.C24H32FN5.C21H24FN3O.C19H18Cl2FN3/c1-19-13-23(18-30-9-7-8-10-30)26-24(14-19)32(27(29-26)31-11-5-4-6-12-31)17-22-15-20(2)25(28)21(3)16-22;1-19-15-21(16-20(2)24(19)27)17-31-23-10-8-9-22(18-29-11-6-7-12-29)25(23)28-26(31)30-13-4-3-5-14-30;1-5-20(26)19-10-15(2)11-21-23(19)28-24(29-8-6-27-7-9-29)30(21)14-18-12-16(3)22(25)17(4)13-18;1-15-12-16(8-9-18(15)22)13-25-19-7-5-6-17(14-26)20(19)23-21(25)24-10-3-2-4-11-24;1-2-12-9-24(10-12)19-23-17-6-4-14(20)8-18(17)25(19)11-13-3-5-16(22)15(21)7-13/h13-16H,4-12,17-18H2,1-3H3;8-10,15-16H,3-7,11-14,17-18H2,1-2H3;10-13,20,27H,5-9,14,26H2,1-4H3;5-9,12,26H,2-4,10-11,13-14H2,1H3;3-8,12H,2,9-11H2,1H3/t;;20-;;/m..0../s1. The monoisotopic (exact) mass is 1990 g/mol. The third-order valence-corrected chi connectivity index (χ3v) is 30.7. The number of hydrogen-bond acceptors (Lipinski definition) is 15. The topological polar surface area (TPSA) is 170 Å². The molecule has 22 rings (SSSR count). The maximum atomic E-state index is 14.3. The average molecular weight is 2000 g/mol. The van der Waals surface area contributed by atoms with Crippen LogP contribution in [0.4, 0.5) is 51.7 Å². The largest absolute Gasteiger partial charge is 0.392 e. The third kappa shape index (κ3) is 23.2. The number of piperidine rings is 3. The van der Waals surface area contributed by atoms with Crippen LogP contribution in [0.15, 0.2) is 152 Å². The van der Waals surface area contributed by atoms with E-state index in [0.29, 0.717) is 52.5 Å². The molecule has 7 aliphatic heterocycles. The molecule has 7 fully saturated rings. The number of aliphatic hydroxyl groups is 1. The van der Waals surface area contributed by atoms with Crippen molar-refractivity contribution in [3.8, 4) is 0 Å². The van der Waals surface area contributed by atoms with Crippen molar-refractivity contribution in [1.29, 1.82) is 0 Å². The van der Waals surface area contributed by atoms with Crippen LogP contribution in [0.5, 0.6) is 0 Å². The quantitative estimate of drug-likeness (QED) is 0.0517. The Morgan fingerprint density at radius 1 is 0.354 bits per heavy atom. The predicted molar refractivity (Wildman–Crippen MR) is 580 cm³/mol. The zero-order valence-electron chi connectivity index (χ0n) is 85.9. The highest BCUT2D eigenvalue weighted by Crippen LogP contribution is 2.40. The first-order valence-electron chi connectivity index (χ1n) is 52.6. The second-order valence-corrected chi connectivity index (χ2v) is 42.2. The molecule has 15 aromatic rings. The Morgan fingerprint density at radius 2 is 0.736 bits per heavy atom. The average Bonchev–Trinajstić information content (AvgIpc) is 1.61. The minimum Gasteiger partial charge on any atom is -0.392 e. The number of nitrogens with zero attached hydrogens (tertiary/aromatic N) is 17. The maximum absolute atomic E-state index is 14.3. The van der Waals surface area contributed by atoms with E-state index in [0.717, 1.165) is 241 Å². The Kier molecular flexibility index (Phi) is 32.9. The van der Waals surface area contributed by atoms with Crippen LogP contribution in [0.25, 0.3) is 55.2 Å². The summed E-state index contributed by atoms with van der Waals surface area (Å²) in [4.78, 5) is 42.3. The lowest BCUT2D eigenvalue weighted by Crippen LogP contribution is -2.47. The Bertz CT molecular complexity index is 6990. The molecule has 12 heterocycles. The predicted octanol–water partition coefficient (Wildman–Crippen LogP) is 24.5. The number of hydrogen-bond donors (Lipinski definition) is 3. The van der Waals surface area contributed by atoms with Gasteiger partial charge in [-0.05, 0) is 346 Å². The van der Waals surface area contributed by atoms with Crippen molar-refractivity contribution in [2.75, 3.05) is 129 Å². The van der Waals surface area contributed by atoms with E-state index in [1.165, 1.54) is 161 Å². The zero-order valence-corrected chi connectivity index (χ0v) is 87.5. The first-order chi connectivity index (χ1) is 69.7. The van der Waals surface area contributed by atoms with E-state index in [9.17, 15) is 27.1 Å². The Labute approximate surface area is 855 Å². The molecule has 0 unspecified atom stereocenters. The molecule has 144 heavy (non-hydrogen) atoms. The molecule has 0 saturated carbocycles. The first-order valence-corrected chi connectivity index (χ1v) is 53.3. The molecule has 1 atom stereocenters. The van der Waals surface area contributed by atoms with Crippen LogP contribution < -0.4 is 35.6 Å². The smallest absolute Gasteiger partial charge is 0.206 e. The van der Waals surface area contributed by atoms with Crippen LogP contribution in [0.3, 0.4) is 0 Å². The summed E-state index contributed by atoms with van der Waals surface area (Å²) in [6.07, 6.45) is 18.3. The van der Waals surface area contributed by atoms with E-state index >= 15 is 0 Å². The van der Waals surface area contributed by atoms with Gasteiger partial charge in [-0.3, -0.25) is 9.80 Å². The SMILES string of the molecule is CCC1CN(c2nc3ccc(Cl)cc3n2Cc2ccc(F)c(Cl)c2)C1.CC[C@H](N)c1cc(C)cc2c1nc(N1CCNCC1)n2Cc1cc(C)c(F)c(C)c1.Cc1cc(CN2CCCC2)c2nc(N3CCCCC3)n(Cc3cc(C)c(F)c(C)c3)c2c1.Cc1cc(Cn2c(N3CCCCC3)nc3c(CN4CCCC4)cccc32)cc(C)c1F.Cc1cc(Cn2c(N3CCCCC3)nc3c(CO)cccc32)ccc1F. The van der Waals surface area contributed by atoms with E-state index in [2.05, 4.69) is 133 Å². The van der Waals surface area contributed by atoms with Crippen LogP contribution in [0.2, 0.25) is 10.0 Å². The lowest BCUT2D eigenvalue weighted by atomic mass is 9.98. The number of para-hydroxylation sites is 2. The Balaban J connectivity index is 0.000000119. The van der Waals surface area contributed by atoms with Crippen molar-refractivity contribution in [2.24, 2.45) is 11.7 Å². The number of halogens is 7. The minimum atomic E-state index is -0.405. The summed E-state index contributed by atoms with van der Waals surface area (Å²) in [5.74, 6) is 4.83. The molecule has 0 radical (unpaired) electrons. The lowest BCUT2D eigenvalue weighted by Gasteiger charge is -2.39. The summed E-state index contributed by atoms with van der Waals surface area (Å²) in [6, 6.07) is 49.1. The maximum Gasteiger partial charge on any atom is 0.206 e. The van der Waals surface area contributed by atoms with Gasteiger partial charge in [-0.1, -0.05) is 128 Å². The van der Waals surface area contributed by atoms with Crippen molar-refractivity contribution < 1.29 is 27.1 Å². The molecule has 7 saturated heterocycles. The van der Waals surface area contributed by atoms with Gasteiger partial charge < -0.3 is 63.5 Å². The first kappa shape index (κ1) is 103. The number of fused-ring (bicyclic) bond motifs is 5. The second-order valence-electron chi connectivity index (χ2n) is 41.4. The number of anilines is 5. The molecule has 0 spiro atoms. The summed E-state index contributed by atoms with van der Waals surface area (Å²) < 4.78 is 81.2. The van der Waals surface area contributed by atoms with Crippen molar-refractivity contribution in [2.45, 2.75) is 231 Å². The number of aryl methyl sites for hydroxylation is 9. The molecular weight excluding hydrogens is 1850 g/mol. The van der Waals surface area contributed by atoms with Gasteiger partial charge >= 0.3 is 0 Å². The van der Waals surface area contributed by atoms with Crippen LogP contribution >= 0.6 is 23.2 Å². The number of aromatic nitrogens is 10. The van der Waals surface area contributed by atoms with Crippen molar-refractivity contribution in [3.63, 3.8) is 0 Å². The molecule has 27 heteroatoms. The van der Waals surface area contributed by atoms with Gasteiger partial charge in [-0.15, -0.1) is 0 Å². The summed E-state index contributed by atoms with van der Waals surface area (Å²) in [6.45, 7) is 43.5. The highest BCUT2D eigenvalue weighted by Gasteiger charge is 2.33. The molecule has 760 valence electrons. The number of benzene rings is 10. The minimum absolute atomic E-state index is 0.0244. The van der Waals surface area contributed by atoms with Crippen LogP contribution in [-0.4, -0.2) is 167 Å². The summed E-state index contributed by atoms with van der Waals surface area (Å²) in [5.41, 5.74) is 34.3. The van der Waals surface area contributed by atoms with Gasteiger partial charge in [-0.25, -0.2) is 46.9 Å². The van der Waals surface area contributed by atoms with Crippen molar-refractivity contribution >= 4 is 108 Å². The Hall–Kier alpha value is -11.4. The fourth-order valence-electron chi connectivity index (χ4n) is 22.4. The molecule has 0 aliphatic carbocycles. The van der Waals surface area contributed by atoms with Crippen molar-refractivity contribution in [1.82, 2.24) is 62.9 Å². The Morgan fingerprint density at radius 3 is 1.19 bits per heavy atom. The van der Waals surface area contributed by atoms with E-state index in [1.807, 2.05) is 126 Å². The lowest BCUT2D eigenvalue weighted by molar-refractivity contribution is 0.283. The molecule has 10 aromatic carbocycles. The number of aliphatic hydroxyl groups excluding tert-OH is 1. The van der Waals surface area contributed by atoms with E-state index in [4.69, 9.17) is 53.9 Å². The number of nitrogens with one attached hydrogen (secondary N) is 1. The molecule has 7 aliphatic rings. The van der Waals surface area contributed by atoms with E-state index < -0.39 is 5.82 Å². The normalized spacial score (nSPS) is 16.3. The summed E-state index contributed by atoms with van der Waals surface area (Å²) in [5, 5.41) is 13.9. The number of imidazole rings is 5. The van der Waals surface area contributed by atoms with E-state index in [-0.39, 0.29) is 40.9 Å². The van der Waals surface area contributed by atoms with Gasteiger partial charge in [-0.2, -0.15) is 0 Å². The number of rotatable bonds is 23.